The van der Waals surface area contributed by atoms with Crippen molar-refractivity contribution >= 4 is 0 Å². The van der Waals surface area contributed by atoms with Gasteiger partial charge in [0.25, 0.3) is 0 Å². The Hall–Kier alpha value is 0.720. The Balaban J connectivity index is -0.000000720. The van der Waals surface area contributed by atoms with Gasteiger partial charge in [-0.15, -0.1) is 0 Å². The van der Waals surface area contributed by atoms with Crippen LogP contribution in [0.3, 0.4) is 0 Å². The number of hydrogen-bond donors (Lipinski definition) is 3. The molecule has 14 heavy (non-hydrogen) atoms. The zero-order chi connectivity index (χ0) is 9.94. The van der Waals surface area contributed by atoms with Crippen LogP contribution in [-0.4, -0.2) is 60.4 Å². The average Bonchev–Trinajstić information content (AvgIpc) is 2.17. The van der Waals surface area contributed by atoms with Gasteiger partial charge in [0.05, 0.1) is 45.0 Å². The summed E-state index contributed by atoms with van der Waals surface area (Å²) in [7, 11) is 0. The average molecular weight is 221 g/mol. The van der Waals surface area contributed by atoms with E-state index in [9.17, 15) is 0 Å². The summed E-state index contributed by atoms with van der Waals surface area (Å²) in [5.41, 5.74) is 0. The molecule has 0 aliphatic heterocycles. The Labute approximate surface area is 106 Å². The van der Waals surface area contributed by atoms with Crippen LogP contribution < -0.4 is 29.6 Å². The minimum absolute atomic E-state index is 0. The molecule has 0 rings (SSSR count). The summed E-state index contributed by atoms with van der Waals surface area (Å²) in [6, 6.07) is 0. The fourth-order valence-corrected chi connectivity index (χ4v) is 0.458. The van der Waals surface area contributed by atoms with Crippen molar-refractivity contribution in [1.82, 2.24) is 5.39 Å². The standard InChI is InChI=1S/C6H15NO6.Na.H/c8-1-4-11-7(12-5-2-9)13-6-3-10;;/h8-10H,1-6H2;;/q;+1;-1. The van der Waals surface area contributed by atoms with Crippen LogP contribution in [0, 0.1) is 0 Å². The molecule has 0 unspecified atom stereocenters. The normalized spacial score (nSPS) is 10.3. The molecule has 0 bridgehead atoms. The van der Waals surface area contributed by atoms with E-state index in [-0.39, 0.29) is 70.6 Å². The third-order valence-corrected chi connectivity index (χ3v) is 0.864. The summed E-state index contributed by atoms with van der Waals surface area (Å²) >= 11 is 0. The second-order valence-electron chi connectivity index (χ2n) is 1.89. The van der Waals surface area contributed by atoms with Crippen LogP contribution in [0.25, 0.3) is 0 Å². The number of hydrogen-bond acceptors (Lipinski definition) is 7. The molecule has 0 atom stereocenters. The third kappa shape index (κ3) is 10.8. The monoisotopic (exact) mass is 221 g/mol. The van der Waals surface area contributed by atoms with Gasteiger partial charge >= 0.3 is 29.6 Å². The Morgan fingerprint density at radius 2 is 1.07 bits per heavy atom. The summed E-state index contributed by atoms with van der Waals surface area (Å²) in [5, 5.41) is 25.9. The zero-order valence-corrected chi connectivity index (χ0v) is 10.3. The first-order chi connectivity index (χ1) is 6.35. The number of aliphatic hydroxyl groups is 3. The quantitative estimate of drug-likeness (QED) is 0.266. The van der Waals surface area contributed by atoms with E-state index in [0.29, 0.717) is 5.39 Å². The molecule has 8 heteroatoms. The molecule has 0 spiro atoms. The van der Waals surface area contributed by atoms with Crippen LogP contribution in [0.15, 0.2) is 0 Å². The minimum Gasteiger partial charge on any atom is -1.00 e. The predicted octanol–water partition coefficient (Wildman–Crippen LogP) is -4.82. The van der Waals surface area contributed by atoms with Gasteiger partial charge in [-0.25, -0.2) is 14.5 Å². The molecule has 3 N–H and O–H groups in total. The van der Waals surface area contributed by atoms with Crippen molar-refractivity contribution in [1.29, 1.82) is 0 Å². The second kappa shape index (κ2) is 13.7. The molecule has 0 saturated heterocycles. The summed E-state index contributed by atoms with van der Waals surface area (Å²) in [6.07, 6.45) is 0. The predicted molar refractivity (Wildman–Crippen MR) is 42.1 cm³/mol. The Morgan fingerprint density at radius 3 is 1.29 bits per heavy atom. The van der Waals surface area contributed by atoms with E-state index in [2.05, 4.69) is 0 Å². The first-order valence-corrected chi connectivity index (χ1v) is 3.86. The smallest absolute Gasteiger partial charge is 1.00 e. The molecular weight excluding hydrogens is 205 g/mol. The van der Waals surface area contributed by atoms with Gasteiger partial charge in [-0.05, 0) is 0 Å². The van der Waals surface area contributed by atoms with Gasteiger partial charge in [-0.2, -0.15) is 0 Å². The minimum atomic E-state index is -0.179. The molecule has 0 aliphatic carbocycles. The van der Waals surface area contributed by atoms with E-state index in [1.165, 1.54) is 0 Å². The number of rotatable bonds is 9. The van der Waals surface area contributed by atoms with Crippen LogP contribution in [-0.2, 0) is 14.5 Å². The summed E-state index contributed by atoms with van der Waals surface area (Å²) in [5.74, 6) is 0. The molecule has 0 aromatic rings. The SMILES string of the molecule is OCCON(OCCO)OCCO.[H-].[Na+]. The molecule has 7 nitrogen and oxygen atoms in total. The van der Waals surface area contributed by atoms with Crippen LogP contribution in [0.5, 0.6) is 0 Å². The van der Waals surface area contributed by atoms with Crippen molar-refractivity contribution in [2.24, 2.45) is 0 Å². The molecule has 0 aromatic carbocycles. The van der Waals surface area contributed by atoms with Crippen LogP contribution in [0.1, 0.15) is 1.43 Å². The molecule has 0 fully saturated rings. The largest absolute Gasteiger partial charge is 1.00 e. The van der Waals surface area contributed by atoms with Gasteiger partial charge < -0.3 is 16.7 Å². The third-order valence-electron chi connectivity index (χ3n) is 0.864. The molecule has 82 valence electrons. The van der Waals surface area contributed by atoms with Gasteiger partial charge in [0.1, 0.15) is 0 Å². The molecule has 0 saturated carbocycles. The molecule has 0 aliphatic rings. The van der Waals surface area contributed by atoms with Crippen LogP contribution in [0.2, 0.25) is 0 Å². The number of aliphatic hydroxyl groups excluding tert-OH is 3. The Kier molecular flexibility index (Phi) is 16.8. The van der Waals surface area contributed by atoms with Crippen molar-refractivity contribution < 1.29 is 60.8 Å². The molecule has 0 aromatic heterocycles. The van der Waals surface area contributed by atoms with Crippen LogP contribution in [0.4, 0.5) is 0 Å². The van der Waals surface area contributed by atoms with Crippen molar-refractivity contribution in [2.45, 2.75) is 0 Å². The molecular formula is C6H16NNaO6. The van der Waals surface area contributed by atoms with E-state index in [1.807, 2.05) is 0 Å². The van der Waals surface area contributed by atoms with Crippen molar-refractivity contribution in [3.8, 4) is 0 Å². The first-order valence-electron chi connectivity index (χ1n) is 3.86. The van der Waals surface area contributed by atoms with E-state index in [4.69, 9.17) is 29.8 Å². The van der Waals surface area contributed by atoms with E-state index in [0.717, 1.165) is 0 Å². The first kappa shape index (κ1) is 17.1. The fraction of sp³-hybridized carbons (Fsp3) is 1.00. The second-order valence-corrected chi connectivity index (χ2v) is 1.89. The summed E-state index contributed by atoms with van der Waals surface area (Å²) < 4.78 is 0. The summed E-state index contributed by atoms with van der Waals surface area (Å²) in [6.45, 7) is -0.505. The fourth-order valence-electron chi connectivity index (χ4n) is 0.458. The summed E-state index contributed by atoms with van der Waals surface area (Å²) in [4.78, 5) is 14.1. The Bertz CT molecular complexity index is 94.6. The maximum Gasteiger partial charge on any atom is 1.00 e. The van der Waals surface area contributed by atoms with Gasteiger partial charge in [0.2, 0.25) is 0 Å². The van der Waals surface area contributed by atoms with E-state index in [1.54, 1.807) is 0 Å². The van der Waals surface area contributed by atoms with Gasteiger partial charge in [-0.3, -0.25) is 0 Å². The van der Waals surface area contributed by atoms with Crippen LogP contribution >= 0.6 is 0 Å². The zero-order valence-electron chi connectivity index (χ0n) is 9.26. The van der Waals surface area contributed by atoms with Gasteiger partial charge in [0, 0.05) is 0 Å². The molecule has 0 radical (unpaired) electrons. The van der Waals surface area contributed by atoms with Gasteiger partial charge in [0.15, 0.2) is 0 Å². The van der Waals surface area contributed by atoms with Crippen molar-refractivity contribution in [3.63, 3.8) is 0 Å². The van der Waals surface area contributed by atoms with E-state index < -0.39 is 0 Å². The Morgan fingerprint density at radius 1 is 0.786 bits per heavy atom. The van der Waals surface area contributed by atoms with Gasteiger partial charge in [-0.1, -0.05) is 0 Å². The maximum atomic E-state index is 8.40. The topological polar surface area (TPSA) is 91.6 Å². The van der Waals surface area contributed by atoms with Crippen molar-refractivity contribution in [3.05, 3.63) is 0 Å². The maximum absolute atomic E-state index is 8.40. The number of nitrogens with zero attached hydrogens (tertiary/aromatic N) is 1. The van der Waals surface area contributed by atoms with E-state index >= 15 is 0 Å². The molecule has 0 amide bonds. The molecule has 0 heterocycles. The van der Waals surface area contributed by atoms with Crippen molar-refractivity contribution in [2.75, 3.05) is 39.6 Å².